The minimum absolute atomic E-state index is 0.183. The Morgan fingerprint density at radius 1 is 1.29 bits per heavy atom. The first kappa shape index (κ1) is 13.6. The Labute approximate surface area is 125 Å². The van der Waals surface area contributed by atoms with Gasteiger partial charge in [0.05, 0.1) is 11.3 Å². The van der Waals surface area contributed by atoms with Crippen molar-refractivity contribution < 1.29 is 14.7 Å². The van der Waals surface area contributed by atoms with Gasteiger partial charge >= 0.3 is 12.0 Å². The third-order valence-electron chi connectivity index (χ3n) is 3.46. The zero-order valence-electron chi connectivity index (χ0n) is 11.2. The molecule has 3 rings (SSSR count). The molecule has 1 aromatic carbocycles. The summed E-state index contributed by atoms with van der Waals surface area (Å²) in [6.07, 6.45) is 1.62. The molecule has 0 bridgehead atoms. The van der Waals surface area contributed by atoms with Gasteiger partial charge in [0.1, 0.15) is 0 Å². The first-order valence-electron chi connectivity index (χ1n) is 6.62. The number of carbonyl (C=O) groups excluding carboxylic acids is 1. The van der Waals surface area contributed by atoms with Crippen molar-refractivity contribution >= 4 is 34.7 Å². The van der Waals surface area contributed by atoms with E-state index in [0.717, 1.165) is 29.8 Å². The van der Waals surface area contributed by atoms with Crippen LogP contribution in [-0.2, 0) is 6.42 Å². The second-order valence-corrected chi connectivity index (χ2v) is 5.63. The predicted molar refractivity (Wildman–Crippen MR) is 82.4 cm³/mol. The maximum atomic E-state index is 12.4. The van der Waals surface area contributed by atoms with E-state index in [0.29, 0.717) is 6.54 Å². The Hall–Kier alpha value is -2.34. The van der Waals surface area contributed by atoms with Crippen molar-refractivity contribution in [3.63, 3.8) is 0 Å². The zero-order valence-corrected chi connectivity index (χ0v) is 12.0. The van der Waals surface area contributed by atoms with E-state index < -0.39 is 5.97 Å². The van der Waals surface area contributed by atoms with Gasteiger partial charge < -0.3 is 10.4 Å². The molecular weight excluding hydrogens is 288 g/mol. The molecule has 21 heavy (non-hydrogen) atoms. The number of amides is 2. The first-order chi connectivity index (χ1) is 10.1. The smallest absolute Gasteiger partial charge is 0.335 e. The summed E-state index contributed by atoms with van der Waals surface area (Å²) < 4.78 is 0. The number of fused-ring (bicyclic) bond motifs is 1. The highest BCUT2D eigenvalue weighted by Gasteiger charge is 2.23. The molecular formula is C15H14N2O3S. The van der Waals surface area contributed by atoms with Gasteiger partial charge in [-0.2, -0.15) is 11.3 Å². The van der Waals surface area contributed by atoms with E-state index in [1.54, 1.807) is 17.0 Å². The average Bonchev–Trinajstić information content (AvgIpc) is 2.98. The first-order valence-corrected chi connectivity index (χ1v) is 7.56. The minimum atomic E-state index is -0.947. The number of benzene rings is 1. The number of hydrogen-bond acceptors (Lipinski definition) is 3. The highest BCUT2D eigenvalue weighted by atomic mass is 32.1. The molecule has 0 atom stereocenters. The summed E-state index contributed by atoms with van der Waals surface area (Å²) in [5.41, 5.74) is 2.73. The van der Waals surface area contributed by atoms with Crippen LogP contribution in [0.5, 0.6) is 0 Å². The number of urea groups is 1. The van der Waals surface area contributed by atoms with E-state index in [9.17, 15) is 9.59 Å². The Morgan fingerprint density at radius 2 is 2.14 bits per heavy atom. The molecule has 0 saturated heterocycles. The number of carboxylic acids is 1. The van der Waals surface area contributed by atoms with Crippen LogP contribution in [-0.4, -0.2) is 23.7 Å². The second kappa shape index (κ2) is 5.57. The molecule has 2 N–H and O–H groups in total. The number of carbonyl (C=O) groups is 2. The van der Waals surface area contributed by atoms with Gasteiger partial charge in [-0.15, -0.1) is 0 Å². The number of nitrogens with zero attached hydrogens (tertiary/aromatic N) is 1. The van der Waals surface area contributed by atoms with Gasteiger partial charge in [0.15, 0.2) is 0 Å². The molecule has 108 valence electrons. The topological polar surface area (TPSA) is 69.6 Å². The second-order valence-electron chi connectivity index (χ2n) is 4.85. The molecule has 0 spiro atoms. The lowest BCUT2D eigenvalue weighted by molar-refractivity contribution is 0.0696. The van der Waals surface area contributed by atoms with Crippen LogP contribution in [0.1, 0.15) is 22.3 Å². The Balaban J connectivity index is 1.86. The maximum Gasteiger partial charge on any atom is 0.335 e. The number of aromatic carboxylic acids is 1. The van der Waals surface area contributed by atoms with Crippen molar-refractivity contribution in [1.82, 2.24) is 0 Å². The van der Waals surface area contributed by atoms with Crippen LogP contribution in [0, 0.1) is 0 Å². The third-order valence-corrected chi connectivity index (χ3v) is 4.15. The lowest BCUT2D eigenvalue weighted by Gasteiger charge is -2.29. The van der Waals surface area contributed by atoms with Gasteiger partial charge in [0.25, 0.3) is 0 Å². The van der Waals surface area contributed by atoms with Crippen molar-refractivity contribution in [3.8, 4) is 0 Å². The lowest BCUT2D eigenvalue weighted by atomic mass is 9.99. The fourth-order valence-electron chi connectivity index (χ4n) is 2.47. The summed E-state index contributed by atoms with van der Waals surface area (Å²) >= 11 is 1.52. The van der Waals surface area contributed by atoms with E-state index >= 15 is 0 Å². The molecule has 2 amide bonds. The van der Waals surface area contributed by atoms with E-state index in [1.165, 1.54) is 17.4 Å². The molecule has 1 aliphatic rings. The number of rotatable bonds is 2. The van der Waals surface area contributed by atoms with Gasteiger partial charge in [0.2, 0.25) is 0 Å². The molecule has 0 saturated carbocycles. The van der Waals surface area contributed by atoms with Crippen LogP contribution in [0.2, 0.25) is 0 Å². The number of carboxylic acid groups (broad SMARTS) is 1. The lowest BCUT2D eigenvalue weighted by Crippen LogP contribution is -2.38. The predicted octanol–water partition coefficient (Wildman–Crippen LogP) is 3.43. The molecule has 1 aromatic heterocycles. The minimum Gasteiger partial charge on any atom is -0.478 e. The van der Waals surface area contributed by atoms with Crippen molar-refractivity contribution in [2.24, 2.45) is 0 Å². The van der Waals surface area contributed by atoms with Gasteiger partial charge in [-0.05, 0) is 48.1 Å². The van der Waals surface area contributed by atoms with Crippen LogP contribution in [0.15, 0.2) is 35.0 Å². The SMILES string of the molecule is O=C(O)c1ccc2c(c1)CCCN2C(=O)Nc1ccsc1. The van der Waals surface area contributed by atoms with Gasteiger partial charge in [-0.25, -0.2) is 9.59 Å². The number of nitrogens with one attached hydrogen (secondary N) is 1. The van der Waals surface area contributed by atoms with Gasteiger partial charge in [-0.3, -0.25) is 4.90 Å². The monoisotopic (exact) mass is 302 g/mol. The Morgan fingerprint density at radius 3 is 2.86 bits per heavy atom. The fraction of sp³-hybridized carbons (Fsp3) is 0.200. The van der Waals surface area contributed by atoms with E-state index in [1.807, 2.05) is 16.8 Å². The molecule has 5 nitrogen and oxygen atoms in total. The summed E-state index contributed by atoms with van der Waals surface area (Å²) in [4.78, 5) is 25.0. The largest absolute Gasteiger partial charge is 0.478 e. The Kier molecular flexibility index (Phi) is 3.62. The van der Waals surface area contributed by atoms with Crippen LogP contribution in [0.3, 0.4) is 0 Å². The van der Waals surface area contributed by atoms with Crippen LogP contribution in [0.4, 0.5) is 16.2 Å². The molecule has 0 aliphatic carbocycles. The number of hydrogen-bond donors (Lipinski definition) is 2. The highest BCUT2D eigenvalue weighted by molar-refractivity contribution is 7.08. The quantitative estimate of drug-likeness (QED) is 0.893. The van der Waals surface area contributed by atoms with Crippen LogP contribution >= 0.6 is 11.3 Å². The van der Waals surface area contributed by atoms with E-state index in [-0.39, 0.29) is 11.6 Å². The standard InChI is InChI=1S/C15H14N2O3S/c18-14(19)11-3-4-13-10(8-11)2-1-6-17(13)15(20)16-12-5-7-21-9-12/h3-5,7-9H,1-2,6H2,(H,16,20)(H,18,19). The number of anilines is 2. The number of thiophene rings is 1. The number of aryl methyl sites for hydroxylation is 1. The molecule has 1 aliphatic heterocycles. The molecule has 6 heteroatoms. The van der Waals surface area contributed by atoms with E-state index in [4.69, 9.17) is 5.11 Å². The molecule has 0 unspecified atom stereocenters. The maximum absolute atomic E-state index is 12.4. The summed E-state index contributed by atoms with van der Waals surface area (Å²) in [6, 6.07) is 6.57. The summed E-state index contributed by atoms with van der Waals surface area (Å²) in [5, 5.41) is 15.7. The van der Waals surface area contributed by atoms with Crippen molar-refractivity contribution in [3.05, 3.63) is 46.2 Å². The summed E-state index contributed by atoms with van der Waals surface area (Å²) in [6.45, 7) is 0.634. The summed E-state index contributed by atoms with van der Waals surface area (Å²) in [7, 11) is 0. The van der Waals surface area contributed by atoms with Gasteiger partial charge in [-0.1, -0.05) is 0 Å². The van der Waals surface area contributed by atoms with Crippen molar-refractivity contribution in [1.29, 1.82) is 0 Å². The zero-order chi connectivity index (χ0) is 14.8. The molecule has 0 fully saturated rings. The molecule has 0 radical (unpaired) electrons. The van der Waals surface area contributed by atoms with E-state index in [2.05, 4.69) is 5.32 Å². The van der Waals surface area contributed by atoms with Gasteiger partial charge in [0, 0.05) is 17.6 Å². The summed E-state index contributed by atoms with van der Waals surface area (Å²) in [5.74, 6) is -0.947. The van der Waals surface area contributed by atoms with Crippen LogP contribution in [0.25, 0.3) is 0 Å². The third kappa shape index (κ3) is 2.75. The fourth-order valence-corrected chi connectivity index (χ4v) is 3.06. The highest BCUT2D eigenvalue weighted by Crippen LogP contribution is 2.29. The Bertz CT molecular complexity index is 682. The van der Waals surface area contributed by atoms with Crippen molar-refractivity contribution in [2.45, 2.75) is 12.8 Å². The normalized spacial score (nSPS) is 13.6. The molecule has 2 heterocycles. The van der Waals surface area contributed by atoms with Crippen LogP contribution < -0.4 is 10.2 Å². The average molecular weight is 302 g/mol. The van der Waals surface area contributed by atoms with Crippen molar-refractivity contribution in [2.75, 3.05) is 16.8 Å². The molecule has 2 aromatic rings.